The molecule has 2 N–H and O–H groups in total. The van der Waals surface area contributed by atoms with Crippen molar-refractivity contribution >= 4 is 5.97 Å². The standard InChI is InChI=1S/C8H13NO4/c10-8(11)1-5-2-9-6-3-12-4-7(6)13-5/h5-7,9H,1-4H2,(H,10,11)/t5-,6-,7-/m1/s1. The molecule has 2 saturated heterocycles. The lowest BCUT2D eigenvalue weighted by Gasteiger charge is -2.31. The monoisotopic (exact) mass is 187 g/mol. The predicted octanol–water partition coefficient (Wildman–Crippen LogP) is -0.783. The van der Waals surface area contributed by atoms with Gasteiger partial charge in [-0.1, -0.05) is 0 Å². The van der Waals surface area contributed by atoms with Gasteiger partial charge in [0.25, 0.3) is 0 Å². The second-order valence-electron chi connectivity index (χ2n) is 3.45. The summed E-state index contributed by atoms with van der Waals surface area (Å²) in [6.07, 6.45) is -0.102. The van der Waals surface area contributed by atoms with Crippen LogP contribution in [-0.4, -0.2) is 49.1 Å². The number of hydrogen-bond acceptors (Lipinski definition) is 4. The normalized spacial score (nSPS) is 38.6. The van der Waals surface area contributed by atoms with Gasteiger partial charge in [0.05, 0.1) is 37.9 Å². The Balaban J connectivity index is 1.86. The topological polar surface area (TPSA) is 67.8 Å². The summed E-state index contributed by atoms with van der Waals surface area (Å²) >= 11 is 0. The molecule has 0 aromatic carbocycles. The Labute approximate surface area is 76.0 Å². The lowest BCUT2D eigenvalue weighted by Crippen LogP contribution is -2.52. The molecule has 2 aliphatic rings. The summed E-state index contributed by atoms with van der Waals surface area (Å²) in [6.45, 7) is 1.86. The first-order valence-electron chi connectivity index (χ1n) is 4.44. The molecule has 0 aliphatic carbocycles. The van der Waals surface area contributed by atoms with E-state index in [1.807, 2.05) is 0 Å². The van der Waals surface area contributed by atoms with Crippen LogP contribution in [0.3, 0.4) is 0 Å². The lowest BCUT2D eigenvalue weighted by molar-refractivity contribution is -0.143. The Morgan fingerprint density at radius 2 is 2.38 bits per heavy atom. The first kappa shape index (κ1) is 8.93. The Kier molecular flexibility index (Phi) is 2.48. The highest BCUT2D eigenvalue weighted by Gasteiger charge is 2.35. The molecule has 2 fully saturated rings. The minimum atomic E-state index is -0.816. The van der Waals surface area contributed by atoms with Crippen LogP contribution in [0.2, 0.25) is 0 Å². The van der Waals surface area contributed by atoms with Gasteiger partial charge in [0.15, 0.2) is 0 Å². The van der Waals surface area contributed by atoms with Crippen molar-refractivity contribution in [3.8, 4) is 0 Å². The third kappa shape index (κ3) is 1.99. The van der Waals surface area contributed by atoms with E-state index >= 15 is 0 Å². The Hall–Kier alpha value is -0.650. The number of carbonyl (C=O) groups is 1. The molecule has 0 aromatic rings. The van der Waals surface area contributed by atoms with Crippen LogP contribution in [-0.2, 0) is 14.3 Å². The molecule has 5 nitrogen and oxygen atoms in total. The second-order valence-corrected chi connectivity index (χ2v) is 3.45. The highest BCUT2D eigenvalue weighted by molar-refractivity contribution is 5.67. The first-order valence-corrected chi connectivity index (χ1v) is 4.44. The summed E-state index contributed by atoms with van der Waals surface area (Å²) in [5.41, 5.74) is 0. The maximum Gasteiger partial charge on any atom is 0.306 e. The molecular formula is C8H13NO4. The van der Waals surface area contributed by atoms with Crippen LogP contribution in [0.4, 0.5) is 0 Å². The van der Waals surface area contributed by atoms with Gasteiger partial charge in [0.2, 0.25) is 0 Å². The molecule has 0 unspecified atom stereocenters. The van der Waals surface area contributed by atoms with Crippen LogP contribution >= 0.6 is 0 Å². The molecule has 0 amide bonds. The number of carboxylic acids is 1. The highest BCUT2D eigenvalue weighted by Crippen LogP contribution is 2.17. The SMILES string of the molecule is O=C(O)C[C@@H]1CN[C@@H]2COC[C@H]2O1. The van der Waals surface area contributed by atoms with Crippen LogP contribution in [0.1, 0.15) is 6.42 Å². The zero-order valence-electron chi connectivity index (χ0n) is 7.23. The minimum absolute atomic E-state index is 0.0399. The van der Waals surface area contributed by atoms with Crippen LogP contribution in [0.5, 0.6) is 0 Å². The van der Waals surface area contributed by atoms with Gasteiger partial charge in [-0.3, -0.25) is 4.79 Å². The van der Waals surface area contributed by atoms with Crippen molar-refractivity contribution in [3.63, 3.8) is 0 Å². The van der Waals surface area contributed by atoms with Gasteiger partial charge in [-0.05, 0) is 0 Å². The third-order valence-corrected chi connectivity index (χ3v) is 2.41. The Morgan fingerprint density at radius 1 is 1.54 bits per heavy atom. The van der Waals surface area contributed by atoms with Crippen molar-refractivity contribution in [1.29, 1.82) is 0 Å². The van der Waals surface area contributed by atoms with E-state index in [9.17, 15) is 4.79 Å². The molecule has 0 aromatic heterocycles. The number of nitrogens with one attached hydrogen (secondary N) is 1. The van der Waals surface area contributed by atoms with Gasteiger partial charge >= 0.3 is 5.97 Å². The van der Waals surface area contributed by atoms with Crippen LogP contribution in [0, 0.1) is 0 Å². The fourth-order valence-electron chi connectivity index (χ4n) is 1.75. The van der Waals surface area contributed by atoms with Gasteiger partial charge in [-0.15, -0.1) is 0 Å². The van der Waals surface area contributed by atoms with E-state index in [-0.39, 0.29) is 24.7 Å². The van der Waals surface area contributed by atoms with Crippen LogP contribution < -0.4 is 5.32 Å². The predicted molar refractivity (Wildman–Crippen MR) is 43.5 cm³/mol. The summed E-state index contributed by atoms with van der Waals surface area (Å²) < 4.78 is 10.8. The molecule has 74 valence electrons. The van der Waals surface area contributed by atoms with Crippen LogP contribution in [0.25, 0.3) is 0 Å². The van der Waals surface area contributed by atoms with Gasteiger partial charge in [-0.2, -0.15) is 0 Å². The van der Waals surface area contributed by atoms with Crippen molar-refractivity contribution in [2.45, 2.75) is 24.7 Å². The molecule has 13 heavy (non-hydrogen) atoms. The van der Waals surface area contributed by atoms with Crippen molar-refractivity contribution < 1.29 is 19.4 Å². The van der Waals surface area contributed by atoms with Crippen molar-refractivity contribution in [2.75, 3.05) is 19.8 Å². The molecule has 2 aliphatic heterocycles. The number of aliphatic carboxylic acids is 1. The van der Waals surface area contributed by atoms with Gasteiger partial charge in [-0.25, -0.2) is 0 Å². The fourth-order valence-corrected chi connectivity index (χ4v) is 1.75. The number of carboxylic acid groups (broad SMARTS) is 1. The number of rotatable bonds is 2. The molecule has 5 heteroatoms. The zero-order chi connectivity index (χ0) is 9.26. The van der Waals surface area contributed by atoms with Crippen molar-refractivity contribution in [2.24, 2.45) is 0 Å². The maximum absolute atomic E-state index is 10.4. The van der Waals surface area contributed by atoms with Crippen molar-refractivity contribution in [3.05, 3.63) is 0 Å². The van der Waals surface area contributed by atoms with E-state index < -0.39 is 5.97 Å². The smallest absolute Gasteiger partial charge is 0.306 e. The molecule has 2 heterocycles. The third-order valence-electron chi connectivity index (χ3n) is 2.41. The largest absolute Gasteiger partial charge is 0.481 e. The van der Waals surface area contributed by atoms with E-state index in [0.717, 1.165) is 0 Å². The number of ether oxygens (including phenoxy) is 2. The maximum atomic E-state index is 10.4. The summed E-state index contributed by atoms with van der Waals surface area (Å²) in [4.78, 5) is 10.4. The summed E-state index contributed by atoms with van der Waals surface area (Å²) in [5.74, 6) is -0.816. The van der Waals surface area contributed by atoms with Gasteiger partial charge in [0, 0.05) is 6.54 Å². The lowest BCUT2D eigenvalue weighted by atomic mass is 10.1. The summed E-state index contributed by atoms with van der Waals surface area (Å²) in [6, 6.07) is 0.255. The first-order chi connectivity index (χ1) is 6.25. The van der Waals surface area contributed by atoms with Gasteiger partial charge in [0.1, 0.15) is 0 Å². The van der Waals surface area contributed by atoms with E-state index in [0.29, 0.717) is 19.8 Å². The summed E-state index contributed by atoms with van der Waals surface area (Å²) in [5, 5.41) is 11.8. The molecular weight excluding hydrogens is 174 g/mol. The molecule has 0 saturated carbocycles. The minimum Gasteiger partial charge on any atom is -0.481 e. The average molecular weight is 187 g/mol. The number of fused-ring (bicyclic) bond motifs is 1. The van der Waals surface area contributed by atoms with E-state index in [4.69, 9.17) is 14.6 Å². The highest BCUT2D eigenvalue weighted by atomic mass is 16.6. The van der Waals surface area contributed by atoms with Crippen LogP contribution in [0.15, 0.2) is 0 Å². The Morgan fingerprint density at radius 3 is 3.15 bits per heavy atom. The molecule has 0 bridgehead atoms. The Bertz CT molecular complexity index is 208. The second kappa shape index (κ2) is 3.61. The molecule has 3 atom stereocenters. The molecule has 2 rings (SSSR count). The van der Waals surface area contributed by atoms with Crippen molar-refractivity contribution in [1.82, 2.24) is 5.32 Å². The quantitative estimate of drug-likeness (QED) is 0.593. The summed E-state index contributed by atoms with van der Waals surface area (Å²) in [7, 11) is 0. The van der Waals surface area contributed by atoms with E-state index in [1.165, 1.54) is 0 Å². The molecule has 0 spiro atoms. The fraction of sp³-hybridized carbons (Fsp3) is 0.875. The number of morpholine rings is 1. The zero-order valence-corrected chi connectivity index (χ0v) is 7.23. The van der Waals surface area contributed by atoms with E-state index in [2.05, 4.69) is 5.32 Å². The molecule has 0 radical (unpaired) electrons. The van der Waals surface area contributed by atoms with Gasteiger partial charge < -0.3 is 19.9 Å². The number of hydrogen-bond donors (Lipinski definition) is 2. The van der Waals surface area contributed by atoms with E-state index in [1.54, 1.807) is 0 Å². The average Bonchev–Trinajstić information content (AvgIpc) is 2.49.